The minimum atomic E-state index is 0.0782. The Morgan fingerprint density at radius 2 is 1.71 bits per heavy atom. The average Bonchev–Trinajstić information content (AvgIpc) is 2.15. The molecular formula is C16H26O. The topological polar surface area (TPSA) is 17.1 Å². The number of hydrogen-bond acceptors (Lipinski definition) is 1. The molecule has 0 heterocycles. The molecule has 1 nitrogen and oxygen atoms in total. The highest BCUT2D eigenvalue weighted by atomic mass is 16.1. The maximum Gasteiger partial charge on any atom is 0.159 e. The van der Waals surface area contributed by atoms with Crippen LogP contribution in [-0.2, 0) is 4.79 Å². The summed E-state index contributed by atoms with van der Waals surface area (Å²) in [6, 6.07) is 0. The molecule has 0 N–H and O–H groups in total. The molecule has 0 aliphatic rings. The van der Waals surface area contributed by atoms with Crippen LogP contribution in [0.25, 0.3) is 0 Å². The Labute approximate surface area is 106 Å². The van der Waals surface area contributed by atoms with Gasteiger partial charge in [-0.15, -0.1) is 0 Å². The Bertz CT molecular complexity index is 344. The van der Waals surface area contributed by atoms with Crippen molar-refractivity contribution in [2.75, 3.05) is 0 Å². The zero-order valence-corrected chi connectivity index (χ0v) is 12.2. The molecule has 0 fully saturated rings. The van der Waals surface area contributed by atoms with Crippen LogP contribution < -0.4 is 0 Å². The molecule has 0 aliphatic carbocycles. The van der Waals surface area contributed by atoms with Crippen molar-refractivity contribution >= 4 is 5.78 Å². The maximum atomic E-state index is 11.4. The van der Waals surface area contributed by atoms with E-state index in [1.54, 1.807) is 13.0 Å². The van der Waals surface area contributed by atoms with Crippen molar-refractivity contribution in [2.45, 2.75) is 54.4 Å². The minimum absolute atomic E-state index is 0.0782. The molecule has 0 aromatic heterocycles. The third-order valence-electron chi connectivity index (χ3n) is 2.74. The lowest BCUT2D eigenvalue weighted by Gasteiger charge is -2.19. The summed E-state index contributed by atoms with van der Waals surface area (Å²) < 4.78 is 0. The zero-order valence-electron chi connectivity index (χ0n) is 12.2. The average molecular weight is 234 g/mol. The lowest BCUT2D eigenvalue weighted by Crippen LogP contribution is -2.05. The van der Waals surface area contributed by atoms with Gasteiger partial charge in [-0.3, -0.25) is 4.79 Å². The smallest absolute Gasteiger partial charge is 0.159 e. The van der Waals surface area contributed by atoms with E-state index in [2.05, 4.69) is 41.2 Å². The van der Waals surface area contributed by atoms with E-state index >= 15 is 0 Å². The number of carbonyl (C=O) groups excluding carboxylic acids is 1. The fraction of sp³-hybridized carbons (Fsp3) is 0.562. The van der Waals surface area contributed by atoms with Crippen LogP contribution in [0.2, 0.25) is 0 Å². The Morgan fingerprint density at radius 3 is 2.00 bits per heavy atom. The third kappa shape index (κ3) is 6.93. The molecule has 0 aliphatic heterocycles. The lowest BCUT2D eigenvalue weighted by atomic mass is 9.87. The molecule has 0 aromatic rings. The Morgan fingerprint density at radius 1 is 1.18 bits per heavy atom. The summed E-state index contributed by atoms with van der Waals surface area (Å²) >= 11 is 0. The van der Waals surface area contributed by atoms with Gasteiger partial charge in [0.1, 0.15) is 0 Å². The first-order valence-electron chi connectivity index (χ1n) is 6.19. The van der Waals surface area contributed by atoms with E-state index in [0.29, 0.717) is 11.0 Å². The molecule has 0 unspecified atom stereocenters. The van der Waals surface area contributed by atoms with Gasteiger partial charge in [-0.1, -0.05) is 39.0 Å². The summed E-state index contributed by atoms with van der Waals surface area (Å²) in [5.74, 6) is 0.0782. The van der Waals surface area contributed by atoms with Gasteiger partial charge in [-0.2, -0.15) is 0 Å². The van der Waals surface area contributed by atoms with Crippen molar-refractivity contribution in [3.05, 3.63) is 35.5 Å². The highest BCUT2D eigenvalue weighted by Crippen LogP contribution is 2.26. The van der Waals surface area contributed by atoms with Crippen molar-refractivity contribution in [1.29, 1.82) is 0 Å². The summed E-state index contributed by atoms with van der Waals surface area (Å²) in [4.78, 5) is 11.4. The normalized spacial score (nSPS) is 12.2. The van der Waals surface area contributed by atoms with Crippen LogP contribution in [0.4, 0.5) is 0 Å². The molecule has 0 bridgehead atoms. The highest BCUT2D eigenvalue weighted by Gasteiger charge is 2.11. The molecular weight excluding hydrogens is 208 g/mol. The van der Waals surface area contributed by atoms with Crippen LogP contribution in [0.3, 0.4) is 0 Å². The number of carbonyl (C=O) groups is 1. The van der Waals surface area contributed by atoms with Crippen molar-refractivity contribution in [3.63, 3.8) is 0 Å². The molecule has 96 valence electrons. The van der Waals surface area contributed by atoms with Gasteiger partial charge in [0.05, 0.1) is 0 Å². The molecule has 0 spiro atoms. The van der Waals surface area contributed by atoms with Crippen LogP contribution >= 0.6 is 0 Å². The third-order valence-corrected chi connectivity index (χ3v) is 2.74. The van der Waals surface area contributed by atoms with Crippen LogP contribution in [-0.4, -0.2) is 5.78 Å². The molecule has 0 atom stereocenters. The van der Waals surface area contributed by atoms with Gasteiger partial charge in [0, 0.05) is 5.57 Å². The molecule has 17 heavy (non-hydrogen) atoms. The van der Waals surface area contributed by atoms with Gasteiger partial charge < -0.3 is 0 Å². The standard InChI is InChI=1S/C16H26O/c1-8-14(13(4)17)11-15(12(2)3)9-10-16(5,6)7/h8,11H,1,9-10H2,2-7H3/b14-11+. The molecule has 0 saturated heterocycles. The Kier molecular flexibility index (Phi) is 6.15. The van der Waals surface area contributed by atoms with E-state index < -0.39 is 0 Å². The van der Waals surface area contributed by atoms with Gasteiger partial charge >= 0.3 is 0 Å². The first-order valence-corrected chi connectivity index (χ1v) is 6.19. The fourth-order valence-corrected chi connectivity index (χ4v) is 1.47. The fourth-order valence-electron chi connectivity index (χ4n) is 1.47. The molecule has 0 amide bonds. The monoisotopic (exact) mass is 234 g/mol. The second-order valence-electron chi connectivity index (χ2n) is 5.95. The second-order valence-corrected chi connectivity index (χ2v) is 5.95. The van der Waals surface area contributed by atoms with Crippen molar-refractivity contribution in [2.24, 2.45) is 5.41 Å². The lowest BCUT2D eigenvalue weighted by molar-refractivity contribution is -0.113. The predicted molar refractivity (Wildman–Crippen MR) is 76.0 cm³/mol. The van der Waals surface area contributed by atoms with Gasteiger partial charge in [-0.05, 0) is 50.7 Å². The number of ketones is 1. The van der Waals surface area contributed by atoms with Gasteiger partial charge in [0.15, 0.2) is 5.78 Å². The maximum absolute atomic E-state index is 11.4. The van der Waals surface area contributed by atoms with E-state index in [0.717, 1.165) is 12.8 Å². The SMILES string of the molecule is C=C/C(=C\C(CCC(C)(C)C)=C(C)C)C(C)=O. The van der Waals surface area contributed by atoms with Crippen LogP contribution in [0.5, 0.6) is 0 Å². The van der Waals surface area contributed by atoms with Crippen molar-refractivity contribution in [1.82, 2.24) is 0 Å². The largest absolute Gasteiger partial charge is 0.295 e. The van der Waals surface area contributed by atoms with Gasteiger partial charge in [0.2, 0.25) is 0 Å². The Balaban J connectivity index is 4.98. The quantitative estimate of drug-likeness (QED) is 0.491. The van der Waals surface area contributed by atoms with E-state index in [-0.39, 0.29) is 5.78 Å². The number of hydrogen-bond donors (Lipinski definition) is 0. The van der Waals surface area contributed by atoms with Gasteiger partial charge in [-0.25, -0.2) is 0 Å². The molecule has 1 heteroatoms. The van der Waals surface area contributed by atoms with Crippen LogP contribution in [0.15, 0.2) is 35.5 Å². The second kappa shape index (κ2) is 6.58. The van der Waals surface area contributed by atoms with Gasteiger partial charge in [0.25, 0.3) is 0 Å². The first kappa shape index (κ1) is 15.9. The molecule has 0 saturated carbocycles. The van der Waals surface area contributed by atoms with E-state index in [4.69, 9.17) is 0 Å². The molecule has 0 radical (unpaired) electrons. The van der Waals surface area contributed by atoms with E-state index in [1.807, 2.05) is 6.08 Å². The van der Waals surface area contributed by atoms with E-state index in [9.17, 15) is 4.79 Å². The first-order chi connectivity index (χ1) is 7.67. The summed E-state index contributed by atoms with van der Waals surface area (Å²) in [6.07, 6.45) is 5.75. The zero-order chi connectivity index (χ0) is 13.6. The minimum Gasteiger partial charge on any atom is -0.295 e. The van der Waals surface area contributed by atoms with E-state index in [1.165, 1.54) is 11.1 Å². The molecule has 0 aromatic carbocycles. The predicted octanol–water partition coefficient (Wildman–Crippen LogP) is 4.85. The van der Waals surface area contributed by atoms with Crippen molar-refractivity contribution in [3.8, 4) is 0 Å². The summed E-state index contributed by atoms with van der Waals surface area (Å²) in [6.45, 7) is 16.2. The summed E-state index contributed by atoms with van der Waals surface area (Å²) in [5.41, 5.74) is 3.55. The highest BCUT2D eigenvalue weighted by molar-refractivity contribution is 5.96. The Hall–Kier alpha value is -1.11. The number of rotatable bonds is 5. The number of allylic oxidation sites excluding steroid dienone is 5. The van der Waals surface area contributed by atoms with Crippen molar-refractivity contribution < 1.29 is 4.79 Å². The molecule has 0 rings (SSSR count). The van der Waals surface area contributed by atoms with Crippen LogP contribution in [0.1, 0.15) is 54.4 Å². The summed E-state index contributed by atoms with van der Waals surface area (Å²) in [5, 5.41) is 0. The summed E-state index contributed by atoms with van der Waals surface area (Å²) in [7, 11) is 0. The van der Waals surface area contributed by atoms with Crippen LogP contribution in [0, 0.1) is 5.41 Å². The number of Topliss-reactive ketones (excluding diaryl/α,β-unsaturated/α-hetero) is 1.